The van der Waals surface area contributed by atoms with Crippen molar-refractivity contribution < 1.29 is 0 Å². The number of nitrogens with zero attached hydrogens (tertiary/aromatic N) is 2. The van der Waals surface area contributed by atoms with Crippen LogP contribution in [-0.2, 0) is 0 Å². The lowest BCUT2D eigenvalue weighted by atomic mass is 9.87. The first kappa shape index (κ1) is 12.9. The fraction of sp³-hybridized carbons (Fsp3) is 0.533. The van der Waals surface area contributed by atoms with Crippen LogP contribution in [0.3, 0.4) is 0 Å². The smallest absolute Gasteiger partial charge is 0.196 e. The summed E-state index contributed by atoms with van der Waals surface area (Å²) < 4.78 is 0. The molecule has 3 heteroatoms. The highest BCUT2D eigenvalue weighted by Gasteiger charge is 2.31. The van der Waals surface area contributed by atoms with Crippen molar-refractivity contribution in [3.05, 3.63) is 29.8 Å². The van der Waals surface area contributed by atoms with Crippen molar-refractivity contribution in [3.63, 3.8) is 0 Å². The predicted octanol–water partition coefficient (Wildman–Crippen LogP) is 2.93. The Bertz CT molecular complexity index is 457. The van der Waals surface area contributed by atoms with Crippen LogP contribution in [-0.4, -0.2) is 18.5 Å². The molecule has 0 radical (unpaired) electrons. The van der Waals surface area contributed by atoms with E-state index in [2.05, 4.69) is 61.9 Å². The van der Waals surface area contributed by atoms with E-state index in [0.29, 0.717) is 12.0 Å². The van der Waals surface area contributed by atoms with Crippen LogP contribution >= 0.6 is 0 Å². The first-order valence-corrected chi connectivity index (χ1v) is 6.53. The summed E-state index contributed by atoms with van der Waals surface area (Å²) in [6.07, 6.45) is 1.09. The molecule has 0 spiro atoms. The summed E-state index contributed by atoms with van der Waals surface area (Å²) in [6.45, 7) is 9.71. The Morgan fingerprint density at radius 1 is 1.33 bits per heavy atom. The number of aliphatic imine (C=N–C) groups is 1. The number of aryl methyl sites for hydroxylation is 1. The molecule has 2 rings (SSSR count). The normalized spacial score (nSPS) is 20.1. The van der Waals surface area contributed by atoms with Gasteiger partial charge < -0.3 is 10.6 Å². The third-order valence-electron chi connectivity index (χ3n) is 3.30. The van der Waals surface area contributed by atoms with Crippen molar-refractivity contribution in [2.75, 3.05) is 11.4 Å². The monoisotopic (exact) mass is 245 g/mol. The van der Waals surface area contributed by atoms with Crippen LogP contribution in [0.2, 0.25) is 0 Å². The number of rotatable bonds is 2. The Morgan fingerprint density at radius 2 is 2.00 bits per heavy atom. The van der Waals surface area contributed by atoms with Gasteiger partial charge in [0.2, 0.25) is 0 Å². The summed E-state index contributed by atoms with van der Waals surface area (Å²) in [5.74, 6) is 0.651. The molecule has 1 unspecified atom stereocenters. The van der Waals surface area contributed by atoms with Gasteiger partial charge in [-0.15, -0.1) is 0 Å². The van der Waals surface area contributed by atoms with Gasteiger partial charge in [-0.3, -0.25) is 4.99 Å². The summed E-state index contributed by atoms with van der Waals surface area (Å²) in [5, 5.41) is 0. The molecule has 0 saturated carbocycles. The third-order valence-corrected chi connectivity index (χ3v) is 3.30. The van der Waals surface area contributed by atoms with E-state index in [1.54, 1.807) is 0 Å². The molecule has 0 bridgehead atoms. The van der Waals surface area contributed by atoms with Crippen molar-refractivity contribution >= 4 is 11.6 Å². The summed E-state index contributed by atoms with van der Waals surface area (Å²) in [5.41, 5.74) is 8.78. The molecule has 98 valence electrons. The fourth-order valence-electron chi connectivity index (χ4n) is 2.56. The molecule has 1 aromatic carbocycles. The van der Waals surface area contributed by atoms with E-state index < -0.39 is 0 Å². The van der Waals surface area contributed by atoms with E-state index in [-0.39, 0.29) is 5.41 Å². The van der Waals surface area contributed by atoms with E-state index in [1.165, 1.54) is 11.3 Å². The zero-order valence-corrected chi connectivity index (χ0v) is 11.8. The van der Waals surface area contributed by atoms with Crippen LogP contribution in [0.15, 0.2) is 29.3 Å². The summed E-state index contributed by atoms with van der Waals surface area (Å²) in [6, 6.07) is 8.74. The molecule has 0 aliphatic carbocycles. The maximum Gasteiger partial charge on any atom is 0.196 e. The first-order chi connectivity index (χ1) is 8.38. The summed E-state index contributed by atoms with van der Waals surface area (Å²) >= 11 is 0. The van der Waals surface area contributed by atoms with Crippen LogP contribution in [0.1, 0.15) is 32.8 Å². The molecule has 0 fully saturated rings. The Morgan fingerprint density at radius 3 is 2.61 bits per heavy atom. The SMILES string of the molecule is Cc1ccccc1N1C(N)=NCC1CC(C)(C)C. The minimum Gasteiger partial charge on any atom is -0.370 e. The molecule has 2 N–H and O–H groups in total. The van der Waals surface area contributed by atoms with Gasteiger partial charge in [0.1, 0.15) is 0 Å². The fourth-order valence-corrected chi connectivity index (χ4v) is 2.56. The van der Waals surface area contributed by atoms with Gasteiger partial charge in [-0.1, -0.05) is 39.0 Å². The minimum absolute atomic E-state index is 0.283. The zero-order chi connectivity index (χ0) is 13.3. The molecule has 3 nitrogen and oxygen atoms in total. The third kappa shape index (κ3) is 2.66. The molecule has 1 heterocycles. The second-order valence-corrected chi connectivity index (χ2v) is 6.27. The molecule has 0 saturated heterocycles. The number of benzene rings is 1. The lowest BCUT2D eigenvalue weighted by molar-refractivity contribution is 0.347. The van der Waals surface area contributed by atoms with Gasteiger partial charge in [-0.2, -0.15) is 0 Å². The second kappa shape index (κ2) is 4.63. The second-order valence-electron chi connectivity index (χ2n) is 6.27. The molecule has 1 atom stereocenters. The predicted molar refractivity (Wildman–Crippen MR) is 78.0 cm³/mol. The lowest BCUT2D eigenvalue weighted by Gasteiger charge is -2.32. The van der Waals surface area contributed by atoms with Crippen LogP contribution in [0.25, 0.3) is 0 Å². The number of nitrogens with two attached hydrogens (primary N) is 1. The summed E-state index contributed by atoms with van der Waals surface area (Å²) in [4.78, 5) is 6.62. The first-order valence-electron chi connectivity index (χ1n) is 6.53. The van der Waals surface area contributed by atoms with Crippen LogP contribution in [0.4, 0.5) is 5.69 Å². The number of para-hydroxylation sites is 1. The van der Waals surface area contributed by atoms with Crippen LogP contribution in [0.5, 0.6) is 0 Å². The van der Waals surface area contributed by atoms with E-state index in [9.17, 15) is 0 Å². The minimum atomic E-state index is 0.283. The number of anilines is 1. The van der Waals surface area contributed by atoms with Crippen molar-refractivity contribution in [2.45, 2.75) is 40.2 Å². The molecule has 1 aliphatic rings. The van der Waals surface area contributed by atoms with Crippen molar-refractivity contribution in [2.24, 2.45) is 16.1 Å². The number of hydrogen-bond donors (Lipinski definition) is 1. The lowest BCUT2D eigenvalue weighted by Crippen LogP contribution is -2.42. The zero-order valence-electron chi connectivity index (χ0n) is 11.8. The Kier molecular flexibility index (Phi) is 3.33. The van der Waals surface area contributed by atoms with Crippen molar-refractivity contribution in [1.29, 1.82) is 0 Å². The number of hydrogen-bond acceptors (Lipinski definition) is 3. The van der Waals surface area contributed by atoms with E-state index >= 15 is 0 Å². The largest absolute Gasteiger partial charge is 0.370 e. The van der Waals surface area contributed by atoms with Gasteiger partial charge in [0.05, 0.1) is 12.6 Å². The molecule has 1 aromatic rings. The molecule has 18 heavy (non-hydrogen) atoms. The standard InChI is InChI=1S/C15H23N3/c1-11-7-5-6-8-13(11)18-12(9-15(2,3)4)10-17-14(18)16/h5-8,12H,9-10H2,1-4H3,(H2,16,17). The molecular formula is C15H23N3. The Hall–Kier alpha value is -1.51. The van der Waals surface area contributed by atoms with Gasteiger partial charge in [-0.05, 0) is 30.4 Å². The molecule has 0 amide bonds. The topological polar surface area (TPSA) is 41.6 Å². The van der Waals surface area contributed by atoms with Gasteiger partial charge in [0, 0.05) is 5.69 Å². The average molecular weight is 245 g/mol. The molecular weight excluding hydrogens is 222 g/mol. The molecule has 1 aliphatic heterocycles. The van der Waals surface area contributed by atoms with Crippen molar-refractivity contribution in [3.8, 4) is 0 Å². The van der Waals surface area contributed by atoms with E-state index in [0.717, 1.165) is 13.0 Å². The highest BCUT2D eigenvalue weighted by Crippen LogP contribution is 2.31. The van der Waals surface area contributed by atoms with Gasteiger partial charge in [-0.25, -0.2) is 0 Å². The molecule has 0 aromatic heterocycles. The summed E-state index contributed by atoms with van der Waals surface area (Å²) in [7, 11) is 0. The van der Waals surface area contributed by atoms with Crippen LogP contribution in [0, 0.1) is 12.3 Å². The van der Waals surface area contributed by atoms with E-state index in [1.807, 2.05) is 0 Å². The van der Waals surface area contributed by atoms with E-state index in [4.69, 9.17) is 5.73 Å². The Labute approximate surface area is 110 Å². The van der Waals surface area contributed by atoms with Gasteiger partial charge >= 0.3 is 0 Å². The number of guanidine groups is 1. The maximum atomic E-state index is 6.07. The quantitative estimate of drug-likeness (QED) is 0.870. The average Bonchev–Trinajstić information content (AvgIpc) is 2.59. The van der Waals surface area contributed by atoms with Crippen LogP contribution < -0.4 is 10.6 Å². The maximum absolute atomic E-state index is 6.07. The van der Waals surface area contributed by atoms with Gasteiger partial charge in [0.15, 0.2) is 5.96 Å². The van der Waals surface area contributed by atoms with Crippen molar-refractivity contribution in [1.82, 2.24) is 0 Å². The van der Waals surface area contributed by atoms with Gasteiger partial charge in [0.25, 0.3) is 0 Å². The highest BCUT2D eigenvalue weighted by atomic mass is 15.3. The Balaban J connectivity index is 2.28. The highest BCUT2D eigenvalue weighted by molar-refractivity contribution is 5.97.